The third kappa shape index (κ3) is 2.87. The molecule has 3 heterocycles. The minimum absolute atomic E-state index is 0.299. The van der Waals surface area contributed by atoms with E-state index in [1.54, 1.807) is 6.07 Å². The molecule has 0 N–H and O–H groups in total. The highest BCUT2D eigenvalue weighted by Crippen LogP contribution is 2.35. The molecule has 6 nitrogen and oxygen atoms in total. The van der Waals surface area contributed by atoms with Crippen LogP contribution in [0.1, 0.15) is 16.9 Å². The lowest BCUT2D eigenvalue weighted by atomic mass is 10.1. The summed E-state index contributed by atoms with van der Waals surface area (Å²) in [7, 11) is 1.32. The number of esters is 1. The smallest absolute Gasteiger partial charge is 0.329 e. The number of benzene rings is 1. The molecule has 0 saturated heterocycles. The standard InChI is InChI=1S/C18H15ClN2O4S/c1-24-18(23)13-8-10-4-2-3-5-12(10)21(13)17(22)14-9-11(20-25-14)15-6-7-16(19)26-15/h2-7,13-14H,8-9H2,1H3. The molecule has 8 heteroatoms. The normalized spacial score (nSPS) is 21.2. The van der Waals surface area contributed by atoms with Gasteiger partial charge in [-0.2, -0.15) is 0 Å². The lowest BCUT2D eigenvalue weighted by Gasteiger charge is -2.25. The zero-order chi connectivity index (χ0) is 18.3. The zero-order valence-corrected chi connectivity index (χ0v) is 15.4. The van der Waals surface area contributed by atoms with Crippen molar-refractivity contribution in [2.75, 3.05) is 12.0 Å². The predicted octanol–water partition coefficient (Wildman–Crippen LogP) is 3.03. The van der Waals surface area contributed by atoms with Gasteiger partial charge in [-0.25, -0.2) is 4.79 Å². The highest BCUT2D eigenvalue weighted by molar-refractivity contribution is 7.18. The third-order valence-corrected chi connectivity index (χ3v) is 5.77. The van der Waals surface area contributed by atoms with Gasteiger partial charge in [0.1, 0.15) is 11.8 Å². The van der Waals surface area contributed by atoms with Crippen molar-refractivity contribution >= 4 is 46.2 Å². The number of methoxy groups -OCH3 is 1. The van der Waals surface area contributed by atoms with Gasteiger partial charge in [0.15, 0.2) is 0 Å². The van der Waals surface area contributed by atoms with Gasteiger partial charge in [-0.15, -0.1) is 11.3 Å². The summed E-state index contributed by atoms with van der Waals surface area (Å²) in [6, 6.07) is 10.4. The van der Waals surface area contributed by atoms with E-state index in [4.69, 9.17) is 21.2 Å². The number of hydrogen-bond donors (Lipinski definition) is 0. The molecule has 1 amide bonds. The average Bonchev–Trinajstić information content (AvgIpc) is 3.37. The van der Waals surface area contributed by atoms with Crippen LogP contribution in [0.5, 0.6) is 0 Å². The Morgan fingerprint density at radius 3 is 2.81 bits per heavy atom. The summed E-state index contributed by atoms with van der Waals surface area (Å²) in [6.07, 6.45) is -0.0122. The summed E-state index contributed by atoms with van der Waals surface area (Å²) < 4.78 is 5.54. The fraction of sp³-hybridized carbons (Fsp3) is 0.278. The zero-order valence-electron chi connectivity index (χ0n) is 13.8. The molecule has 2 aliphatic rings. The van der Waals surface area contributed by atoms with E-state index in [1.807, 2.05) is 30.3 Å². The average molecular weight is 391 g/mol. The molecule has 0 bridgehead atoms. The van der Waals surface area contributed by atoms with E-state index >= 15 is 0 Å². The SMILES string of the molecule is COC(=O)C1Cc2ccccc2N1C(=O)C1CC(c2ccc(Cl)s2)=NO1. The Morgan fingerprint density at radius 1 is 1.27 bits per heavy atom. The number of amides is 1. The van der Waals surface area contributed by atoms with Crippen molar-refractivity contribution in [2.45, 2.75) is 25.0 Å². The van der Waals surface area contributed by atoms with Crippen molar-refractivity contribution in [1.82, 2.24) is 0 Å². The van der Waals surface area contributed by atoms with Crippen LogP contribution < -0.4 is 4.90 Å². The summed E-state index contributed by atoms with van der Waals surface area (Å²) in [6.45, 7) is 0. The van der Waals surface area contributed by atoms with Gasteiger partial charge >= 0.3 is 5.97 Å². The Balaban J connectivity index is 1.58. The molecule has 2 aliphatic heterocycles. The molecule has 1 aromatic carbocycles. The number of ether oxygens (including phenoxy) is 1. The second kappa shape index (κ2) is 6.74. The van der Waals surface area contributed by atoms with Gasteiger partial charge in [0.2, 0.25) is 6.10 Å². The largest absolute Gasteiger partial charge is 0.467 e. The molecule has 26 heavy (non-hydrogen) atoms. The maximum absolute atomic E-state index is 13.1. The fourth-order valence-corrected chi connectivity index (χ4v) is 4.30. The number of para-hydroxylation sites is 1. The molecule has 2 unspecified atom stereocenters. The molecule has 0 spiro atoms. The monoisotopic (exact) mass is 390 g/mol. The van der Waals surface area contributed by atoms with Crippen molar-refractivity contribution in [2.24, 2.45) is 5.16 Å². The molecule has 0 saturated carbocycles. The molecule has 0 radical (unpaired) electrons. The Morgan fingerprint density at radius 2 is 2.08 bits per heavy atom. The van der Waals surface area contributed by atoms with Gasteiger partial charge in [-0.3, -0.25) is 9.69 Å². The van der Waals surface area contributed by atoms with Crippen molar-refractivity contribution in [3.8, 4) is 0 Å². The maximum atomic E-state index is 13.1. The summed E-state index contributed by atoms with van der Waals surface area (Å²) in [5.41, 5.74) is 2.33. The van der Waals surface area contributed by atoms with Gasteiger partial charge in [0, 0.05) is 18.5 Å². The number of hydrogen-bond acceptors (Lipinski definition) is 6. The lowest BCUT2D eigenvalue weighted by Crippen LogP contribution is -2.48. The summed E-state index contributed by atoms with van der Waals surface area (Å²) >= 11 is 7.35. The first-order valence-corrected chi connectivity index (χ1v) is 9.25. The van der Waals surface area contributed by atoms with E-state index < -0.39 is 18.1 Å². The van der Waals surface area contributed by atoms with Crippen LogP contribution in [0.3, 0.4) is 0 Å². The summed E-state index contributed by atoms with van der Waals surface area (Å²) in [5.74, 6) is -0.745. The molecule has 0 aliphatic carbocycles. The first-order valence-electron chi connectivity index (χ1n) is 8.05. The number of halogens is 1. The Kier molecular flexibility index (Phi) is 4.42. The van der Waals surface area contributed by atoms with Gasteiger partial charge in [0.25, 0.3) is 5.91 Å². The van der Waals surface area contributed by atoms with Crippen LogP contribution in [0.15, 0.2) is 41.6 Å². The third-order valence-electron chi connectivity index (χ3n) is 4.49. The van der Waals surface area contributed by atoms with Crippen LogP contribution >= 0.6 is 22.9 Å². The summed E-state index contributed by atoms with van der Waals surface area (Å²) in [5, 5.41) is 4.04. The molecule has 0 fully saturated rings. The fourth-order valence-electron chi connectivity index (χ4n) is 3.26. The van der Waals surface area contributed by atoms with Gasteiger partial charge in [-0.1, -0.05) is 35.0 Å². The number of nitrogens with zero attached hydrogens (tertiary/aromatic N) is 2. The number of carbonyl (C=O) groups excluding carboxylic acids is 2. The van der Waals surface area contributed by atoms with Gasteiger partial charge < -0.3 is 9.57 Å². The minimum atomic E-state index is -0.774. The topological polar surface area (TPSA) is 68.2 Å². The Hall–Kier alpha value is -2.38. The quantitative estimate of drug-likeness (QED) is 0.755. The molecular formula is C18H15ClN2O4S. The number of rotatable bonds is 3. The van der Waals surface area contributed by atoms with E-state index in [1.165, 1.54) is 23.3 Å². The van der Waals surface area contributed by atoms with E-state index in [0.29, 0.717) is 28.6 Å². The van der Waals surface area contributed by atoms with Crippen molar-refractivity contribution < 1.29 is 19.2 Å². The van der Waals surface area contributed by atoms with Crippen LogP contribution in [0.25, 0.3) is 0 Å². The van der Waals surface area contributed by atoms with Crippen molar-refractivity contribution in [3.63, 3.8) is 0 Å². The van der Waals surface area contributed by atoms with Crippen LogP contribution in [-0.4, -0.2) is 36.8 Å². The second-order valence-electron chi connectivity index (χ2n) is 6.02. The van der Waals surface area contributed by atoms with E-state index in [0.717, 1.165) is 10.4 Å². The molecule has 2 aromatic rings. The number of anilines is 1. The van der Waals surface area contributed by atoms with E-state index in [9.17, 15) is 9.59 Å². The van der Waals surface area contributed by atoms with E-state index in [2.05, 4.69) is 5.16 Å². The van der Waals surface area contributed by atoms with Crippen molar-refractivity contribution in [1.29, 1.82) is 0 Å². The van der Waals surface area contributed by atoms with Crippen LogP contribution in [0.4, 0.5) is 5.69 Å². The van der Waals surface area contributed by atoms with Crippen molar-refractivity contribution in [3.05, 3.63) is 51.2 Å². The van der Waals surface area contributed by atoms with Crippen LogP contribution in [0, 0.1) is 0 Å². The molecular weight excluding hydrogens is 376 g/mol. The van der Waals surface area contributed by atoms with Gasteiger partial charge in [-0.05, 0) is 23.8 Å². The molecule has 1 aromatic heterocycles. The highest BCUT2D eigenvalue weighted by atomic mass is 35.5. The molecule has 134 valence electrons. The van der Waals surface area contributed by atoms with Crippen LogP contribution in [0.2, 0.25) is 4.34 Å². The number of oxime groups is 1. The molecule has 4 rings (SSSR count). The number of thiophene rings is 1. The molecule has 2 atom stereocenters. The Bertz CT molecular complexity index is 910. The number of fused-ring (bicyclic) bond motifs is 1. The first-order chi connectivity index (χ1) is 12.6. The maximum Gasteiger partial charge on any atom is 0.329 e. The lowest BCUT2D eigenvalue weighted by molar-refractivity contribution is -0.144. The van der Waals surface area contributed by atoms with Crippen LogP contribution in [-0.2, 0) is 25.6 Å². The van der Waals surface area contributed by atoms with Gasteiger partial charge in [0.05, 0.1) is 16.3 Å². The first kappa shape index (κ1) is 17.1. The minimum Gasteiger partial charge on any atom is -0.467 e. The number of carbonyl (C=O) groups is 2. The Labute approximate surface area is 158 Å². The van der Waals surface area contributed by atoms with E-state index in [-0.39, 0.29) is 5.91 Å². The summed E-state index contributed by atoms with van der Waals surface area (Å²) in [4.78, 5) is 33.1. The highest BCUT2D eigenvalue weighted by Gasteiger charge is 2.43. The second-order valence-corrected chi connectivity index (χ2v) is 7.74. The predicted molar refractivity (Wildman–Crippen MR) is 98.8 cm³/mol.